The third-order valence-corrected chi connectivity index (χ3v) is 11.8. The summed E-state index contributed by atoms with van der Waals surface area (Å²) in [5.41, 5.74) is 7.77. The maximum Gasteiger partial charge on any atom is 0.238 e. The summed E-state index contributed by atoms with van der Waals surface area (Å²) in [5, 5.41) is 9.14. The van der Waals surface area contributed by atoms with Crippen LogP contribution >= 0.6 is 11.3 Å². The molecule has 1 aliphatic heterocycles. The van der Waals surface area contributed by atoms with Crippen LogP contribution < -0.4 is 4.90 Å². The van der Waals surface area contributed by atoms with Crippen molar-refractivity contribution >= 4 is 92.3 Å². The summed E-state index contributed by atoms with van der Waals surface area (Å²) in [7, 11) is 0. The van der Waals surface area contributed by atoms with Gasteiger partial charge in [-0.2, -0.15) is 9.97 Å². The maximum atomic E-state index is 6.56. The van der Waals surface area contributed by atoms with Crippen LogP contribution in [-0.2, 0) is 0 Å². The number of hydrogen-bond donors (Lipinski definition) is 0. The van der Waals surface area contributed by atoms with E-state index in [1.165, 1.54) is 36.5 Å². The fourth-order valence-electron chi connectivity index (χ4n) is 8.28. The molecule has 4 heterocycles. The van der Waals surface area contributed by atoms with Crippen LogP contribution in [-0.4, -0.2) is 15.0 Å². The molecule has 0 saturated heterocycles. The average molecular weight is 695 g/mol. The van der Waals surface area contributed by atoms with Gasteiger partial charge in [-0.25, -0.2) is 4.98 Å². The van der Waals surface area contributed by atoms with Crippen molar-refractivity contribution < 1.29 is 4.42 Å². The Morgan fingerprint density at radius 1 is 0.472 bits per heavy atom. The molecule has 0 atom stereocenters. The Morgan fingerprint density at radius 2 is 1.19 bits per heavy atom. The number of anilines is 3. The molecule has 0 unspecified atom stereocenters. The molecule has 0 radical (unpaired) electrons. The molecule has 0 aliphatic carbocycles. The standard InChI is InChI=1S/C47H26N4OS/c1-2-13-30-27(10-1)22-24-34-33-16-7-11-28-12-8-19-38(42(28)33)51(43(30)34)47-49-45(29-23-25-41-37(26-29)32-15-4-6-21-40(32)53-41)48-46(50-47)36-18-9-17-35-31-14-3-5-20-39(31)52-44(35)36/h1-26H. The summed E-state index contributed by atoms with van der Waals surface area (Å²) in [5.74, 6) is 1.70. The first-order valence-electron chi connectivity index (χ1n) is 17.7. The van der Waals surface area contributed by atoms with Crippen LogP contribution in [0, 0.1) is 0 Å². The number of para-hydroxylation sites is 2. The molecular formula is C47H26N4OS. The molecule has 53 heavy (non-hydrogen) atoms. The van der Waals surface area contributed by atoms with E-state index in [2.05, 4.69) is 144 Å². The summed E-state index contributed by atoms with van der Waals surface area (Å²) >= 11 is 1.80. The van der Waals surface area contributed by atoms with E-state index in [4.69, 9.17) is 19.4 Å². The Kier molecular flexibility index (Phi) is 5.87. The minimum absolute atomic E-state index is 0.549. The van der Waals surface area contributed by atoms with Gasteiger partial charge in [-0.1, -0.05) is 115 Å². The molecule has 0 amide bonds. The van der Waals surface area contributed by atoms with Crippen LogP contribution in [0.1, 0.15) is 0 Å². The molecule has 1 aliphatic rings. The van der Waals surface area contributed by atoms with Gasteiger partial charge in [-0.15, -0.1) is 11.3 Å². The number of hydrogen-bond acceptors (Lipinski definition) is 6. The van der Waals surface area contributed by atoms with Crippen molar-refractivity contribution in [3.05, 3.63) is 158 Å². The number of aromatic nitrogens is 3. The fraction of sp³-hybridized carbons (Fsp3) is 0. The number of furan rings is 1. The summed E-state index contributed by atoms with van der Waals surface area (Å²) in [6, 6.07) is 55.6. The van der Waals surface area contributed by atoms with Crippen LogP contribution in [0.2, 0.25) is 0 Å². The zero-order chi connectivity index (χ0) is 34.6. The molecule has 5 nitrogen and oxygen atoms in total. The molecule has 0 bridgehead atoms. The van der Waals surface area contributed by atoms with Crippen LogP contribution in [0.4, 0.5) is 17.3 Å². The van der Waals surface area contributed by atoms with Gasteiger partial charge in [-0.3, -0.25) is 4.90 Å². The number of rotatable bonds is 3. The van der Waals surface area contributed by atoms with Crippen molar-refractivity contribution in [3.63, 3.8) is 0 Å². The second-order valence-electron chi connectivity index (χ2n) is 13.6. The predicted octanol–water partition coefficient (Wildman–Crippen LogP) is 13.2. The summed E-state index contributed by atoms with van der Waals surface area (Å²) < 4.78 is 9.05. The lowest BCUT2D eigenvalue weighted by Crippen LogP contribution is -2.19. The molecule has 12 rings (SSSR count). The highest BCUT2D eigenvalue weighted by atomic mass is 32.1. The predicted molar refractivity (Wildman–Crippen MR) is 220 cm³/mol. The molecule has 11 aromatic rings. The van der Waals surface area contributed by atoms with Gasteiger partial charge in [-0.05, 0) is 58.8 Å². The van der Waals surface area contributed by atoms with Gasteiger partial charge in [0, 0.05) is 52.8 Å². The Morgan fingerprint density at radius 3 is 2.13 bits per heavy atom. The molecule has 6 heteroatoms. The topological polar surface area (TPSA) is 55.1 Å². The second kappa shape index (κ2) is 10.8. The molecule has 8 aromatic carbocycles. The average Bonchev–Trinajstić information content (AvgIpc) is 3.79. The molecule has 0 fully saturated rings. The van der Waals surface area contributed by atoms with Crippen LogP contribution in [0.3, 0.4) is 0 Å². The summed E-state index contributed by atoms with van der Waals surface area (Å²) in [6.07, 6.45) is 0. The Hall–Kier alpha value is -6.89. The highest BCUT2D eigenvalue weighted by Crippen LogP contribution is 2.53. The van der Waals surface area contributed by atoms with Crippen molar-refractivity contribution in [1.82, 2.24) is 15.0 Å². The van der Waals surface area contributed by atoms with Gasteiger partial charge in [0.1, 0.15) is 11.2 Å². The van der Waals surface area contributed by atoms with Crippen molar-refractivity contribution in [3.8, 4) is 33.9 Å². The minimum Gasteiger partial charge on any atom is -0.455 e. The third kappa shape index (κ3) is 4.15. The lowest BCUT2D eigenvalue weighted by Gasteiger charge is -2.33. The van der Waals surface area contributed by atoms with Gasteiger partial charge >= 0.3 is 0 Å². The Labute approximate surface area is 307 Å². The largest absolute Gasteiger partial charge is 0.455 e. The fourth-order valence-corrected chi connectivity index (χ4v) is 9.36. The van der Waals surface area contributed by atoms with Gasteiger partial charge in [0.2, 0.25) is 5.95 Å². The SMILES string of the molecule is c1ccc2c3c(ccc2c1)-c1cccc2cccc(c12)N3c1nc(-c2ccc3sc4ccccc4c3c2)nc(-c2cccc3c2oc2ccccc23)n1. The van der Waals surface area contributed by atoms with E-state index in [1.807, 2.05) is 18.2 Å². The molecule has 3 aromatic heterocycles. The first-order valence-corrected chi connectivity index (χ1v) is 18.5. The van der Waals surface area contributed by atoms with E-state index in [-0.39, 0.29) is 0 Å². The van der Waals surface area contributed by atoms with Crippen molar-refractivity contribution in [1.29, 1.82) is 0 Å². The minimum atomic E-state index is 0.549. The smallest absolute Gasteiger partial charge is 0.238 e. The molecule has 246 valence electrons. The van der Waals surface area contributed by atoms with Crippen LogP contribution in [0.5, 0.6) is 0 Å². The lowest BCUT2D eigenvalue weighted by molar-refractivity contribution is 0.669. The second-order valence-corrected chi connectivity index (χ2v) is 14.7. The normalized spacial score (nSPS) is 12.5. The Balaban J connectivity index is 1.19. The number of benzene rings is 8. The van der Waals surface area contributed by atoms with E-state index in [1.54, 1.807) is 11.3 Å². The van der Waals surface area contributed by atoms with E-state index in [0.29, 0.717) is 17.6 Å². The zero-order valence-electron chi connectivity index (χ0n) is 28.1. The number of thiophene rings is 1. The first kappa shape index (κ1) is 28.8. The van der Waals surface area contributed by atoms with Crippen LogP contribution in [0.15, 0.2) is 162 Å². The highest BCUT2D eigenvalue weighted by molar-refractivity contribution is 7.25. The maximum absolute atomic E-state index is 6.56. The van der Waals surface area contributed by atoms with E-state index in [9.17, 15) is 0 Å². The zero-order valence-corrected chi connectivity index (χ0v) is 28.9. The van der Waals surface area contributed by atoms with Crippen molar-refractivity contribution in [2.45, 2.75) is 0 Å². The van der Waals surface area contributed by atoms with Gasteiger partial charge in [0.25, 0.3) is 0 Å². The first-order chi connectivity index (χ1) is 26.3. The molecule has 0 spiro atoms. The monoisotopic (exact) mass is 694 g/mol. The van der Waals surface area contributed by atoms with Gasteiger partial charge in [0.15, 0.2) is 11.6 Å². The molecule has 0 N–H and O–H groups in total. The summed E-state index contributed by atoms with van der Waals surface area (Å²) in [4.78, 5) is 18.3. The third-order valence-electron chi connectivity index (χ3n) is 10.6. The van der Waals surface area contributed by atoms with Gasteiger partial charge in [0.05, 0.1) is 16.9 Å². The van der Waals surface area contributed by atoms with Gasteiger partial charge < -0.3 is 4.42 Å². The van der Waals surface area contributed by atoms with Crippen molar-refractivity contribution in [2.75, 3.05) is 4.90 Å². The lowest BCUT2D eigenvalue weighted by atomic mass is 9.89. The quantitative estimate of drug-likeness (QED) is 0.184. The summed E-state index contributed by atoms with van der Waals surface area (Å²) in [6.45, 7) is 0. The van der Waals surface area contributed by atoms with E-state index in [0.717, 1.165) is 60.8 Å². The molecule has 0 saturated carbocycles. The van der Waals surface area contributed by atoms with E-state index >= 15 is 0 Å². The van der Waals surface area contributed by atoms with Crippen LogP contribution in [0.25, 0.3) is 97.6 Å². The van der Waals surface area contributed by atoms with E-state index < -0.39 is 0 Å². The Bertz CT molecular complexity index is 3320. The highest BCUT2D eigenvalue weighted by Gasteiger charge is 2.30. The van der Waals surface area contributed by atoms with Crippen molar-refractivity contribution in [2.24, 2.45) is 0 Å². The molecular weight excluding hydrogens is 669 g/mol. The number of nitrogens with zero attached hydrogens (tertiary/aromatic N) is 4. The number of fused-ring (bicyclic) bond motifs is 10.